The van der Waals surface area contributed by atoms with Crippen molar-refractivity contribution in [1.29, 1.82) is 0 Å². The number of piperazine rings is 1. The largest absolute Gasteiger partial charge is 0.394 e. The molecule has 0 spiro atoms. The van der Waals surface area contributed by atoms with Gasteiger partial charge in [-0.2, -0.15) is 5.10 Å². The lowest BCUT2D eigenvalue weighted by molar-refractivity contribution is 0.623. The van der Waals surface area contributed by atoms with Gasteiger partial charge in [0.1, 0.15) is 5.82 Å². The summed E-state index contributed by atoms with van der Waals surface area (Å²) in [6.45, 7) is 3.47. The Morgan fingerprint density at radius 2 is 1.65 bits per heavy atom. The van der Waals surface area contributed by atoms with E-state index in [1.54, 1.807) is 4.68 Å². The van der Waals surface area contributed by atoms with Gasteiger partial charge in [0, 0.05) is 45.1 Å². The Morgan fingerprint density at radius 1 is 1.05 bits per heavy atom. The lowest BCUT2D eigenvalue weighted by atomic mass is 10.2. The molecule has 0 atom stereocenters. The molecular formula is C14H18FN5. The van der Waals surface area contributed by atoms with Crippen molar-refractivity contribution in [2.75, 3.05) is 41.7 Å². The summed E-state index contributed by atoms with van der Waals surface area (Å²) in [5.41, 5.74) is 7.72. The summed E-state index contributed by atoms with van der Waals surface area (Å²) in [6, 6.07) is 6.64. The molecule has 106 valence electrons. The zero-order valence-electron chi connectivity index (χ0n) is 11.5. The monoisotopic (exact) mass is 275 g/mol. The number of benzene rings is 1. The van der Waals surface area contributed by atoms with E-state index < -0.39 is 0 Å². The van der Waals surface area contributed by atoms with Crippen molar-refractivity contribution in [3.05, 3.63) is 36.3 Å². The normalized spacial score (nSPS) is 15.7. The second-order valence-corrected chi connectivity index (χ2v) is 5.03. The van der Waals surface area contributed by atoms with E-state index in [2.05, 4.69) is 14.9 Å². The second-order valence-electron chi connectivity index (χ2n) is 5.03. The molecule has 1 saturated heterocycles. The van der Waals surface area contributed by atoms with Gasteiger partial charge >= 0.3 is 0 Å². The minimum atomic E-state index is -0.200. The number of nitrogen functional groups attached to an aromatic ring is 1. The highest BCUT2D eigenvalue weighted by Crippen LogP contribution is 2.23. The van der Waals surface area contributed by atoms with Crippen LogP contribution in [-0.4, -0.2) is 36.0 Å². The molecule has 0 amide bonds. The zero-order chi connectivity index (χ0) is 14.1. The lowest BCUT2D eigenvalue weighted by Gasteiger charge is -2.36. The molecule has 2 N–H and O–H groups in total. The van der Waals surface area contributed by atoms with Crippen LogP contribution < -0.4 is 15.5 Å². The lowest BCUT2D eigenvalue weighted by Crippen LogP contribution is -2.46. The molecule has 20 heavy (non-hydrogen) atoms. The van der Waals surface area contributed by atoms with Crippen LogP contribution in [0.1, 0.15) is 0 Å². The molecule has 1 aromatic carbocycles. The number of aromatic nitrogens is 2. The van der Waals surface area contributed by atoms with Crippen molar-refractivity contribution in [2.45, 2.75) is 0 Å². The average Bonchev–Trinajstić information content (AvgIpc) is 2.79. The standard InChI is InChI=1S/C14H18FN5/c1-18-10-13(16)14(17-18)20-8-6-19(7-9-20)12-4-2-11(15)3-5-12/h2-5,10H,6-9,16H2,1H3. The van der Waals surface area contributed by atoms with Crippen LogP contribution in [0.2, 0.25) is 0 Å². The Hall–Kier alpha value is -2.24. The van der Waals surface area contributed by atoms with Gasteiger partial charge in [0.2, 0.25) is 0 Å². The molecule has 1 aliphatic rings. The first-order chi connectivity index (χ1) is 9.63. The summed E-state index contributed by atoms with van der Waals surface area (Å²) in [7, 11) is 1.87. The van der Waals surface area contributed by atoms with Crippen LogP contribution in [0.5, 0.6) is 0 Å². The maximum Gasteiger partial charge on any atom is 0.173 e. The highest BCUT2D eigenvalue weighted by Gasteiger charge is 2.20. The number of hydrogen-bond donors (Lipinski definition) is 1. The van der Waals surface area contributed by atoms with Crippen LogP contribution in [0.3, 0.4) is 0 Å². The smallest absolute Gasteiger partial charge is 0.173 e. The Bertz CT molecular complexity index is 584. The van der Waals surface area contributed by atoms with Gasteiger partial charge in [0.15, 0.2) is 5.82 Å². The number of anilines is 3. The molecule has 2 heterocycles. The Kier molecular flexibility index (Phi) is 3.22. The third-order valence-electron chi connectivity index (χ3n) is 3.61. The number of nitrogens with two attached hydrogens (primary N) is 1. The topological polar surface area (TPSA) is 50.3 Å². The molecule has 2 aromatic rings. The van der Waals surface area contributed by atoms with Gasteiger partial charge in [0.05, 0.1) is 5.69 Å². The van der Waals surface area contributed by atoms with E-state index in [4.69, 9.17) is 5.73 Å². The molecular weight excluding hydrogens is 257 g/mol. The number of halogens is 1. The van der Waals surface area contributed by atoms with E-state index in [0.717, 1.165) is 37.7 Å². The number of aryl methyl sites for hydroxylation is 1. The van der Waals surface area contributed by atoms with E-state index in [1.165, 1.54) is 12.1 Å². The van der Waals surface area contributed by atoms with Crippen molar-refractivity contribution < 1.29 is 4.39 Å². The predicted molar refractivity (Wildman–Crippen MR) is 78.4 cm³/mol. The average molecular weight is 275 g/mol. The molecule has 1 fully saturated rings. The fourth-order valence-electron chi connectivity index (χ4n) is 2.57. The van der Waals surface area contributed by atoms with Gasteiger partial charge in [-0.25, -0.2) is 4.39 Å². The Labute approximate surface area is 117 Å². The SMILES string of the molecule is Cn1cc(N)c(N2CCN(c3ccc(F)cc3)CC2)n1. The van der Waals surface area contributed by atoms with Crippen molar-refractivity contribution in [1.82, 2.24) is 9.78 Å². The van der Waals surface area contributed by atoms with Crippen LogP contribution in [0.4, 0.5) is 21.6 Å². The first-order valence-corrected chi connectivity index (χ1v) is 6.68. The van der Waals surface area contributed by atoms with Gasteiger partial charge in [-0.15, -0.1) is 0 Å². The minimum absolute atomic E-state index is 0.200. The van der Waals surface area contributed by atoms with Crippen molar-refractivity contribution in [2.24, 2.45) is 7.05 Å². The van der Waals surface area contributed by atoms with Gasteiger partial charge in [0.25, 0.3) is 0 Å². The van der Waals surface area contributed by atoms with Crippen LogP contribution in [-0.2, 0) is 7.05 Å². The third kappa shape index (κ3) is 2.41. The molecule has 1 aliphatic heterocycles. The molecule has 1 aromatic heterocycles. The first-order valence-electron chi connectivity index (χ1n) is 6.68. The summed E-state index contributed by atoms with van der Waals surface area (Å²) in [6.07, 6.45) is 1.82. The van der Waals surface area contributed by atoms with E-state index in [-0.39, 0.29) is 5.82 Å². The van der Waals surface area contributed by atoms with Crippen molar-refractivity contribution in [3.63, 3.8) is 0 Å². The summed E-state index contributed by atoms with van der Waals surface area (Å²) in [4.78, 5) is 4.43. The molecule has 0 aliphatic carbocycles. The summed E-state index contributed by atoms with van der Waals surface area (Å²) in [5.74, 6) is 0.653. The van der Waals surface area contributed by atoms with Gasteiger partial charge in [-0.05, 0) is 24.3 Å². The quantitative estimate of drug-likeness (QED) is 0.901. The first kappa shape index (κ1) is 12.8. The minimum Gasteiger partial charge on any atom is -0.394 e. The zero-order valence-corrected chi connectivity index (χ0v) is 11.5. The van der Waals surface area contributed by atoms with Gasteiger partial charge < -0.3 is 15.5 Å². The predicted octanol–water partition coefficient (Wildman–Crippen LogP) is 1.47. The molecule has 0 saturated carbocycles. The highest BCUT2D eigenvalue weighted by atomic mass is 19.1. The number of nitrogens with zero attached hydrogens (tertiary/aromatic N) is 4. The van der Waals surface area contributed by atoms with Crippen LogP contribution in [0.15, 0.2) is 30.5 Å². The second kappa shape index (κ2) is 5.03. The van der Waals surface area contributed by atoms with Crippen LogP contribution >= 0.6 is 0 Å². The molecule has 5 nitrogen and oxygen atoms in total. The molecule has 0 unspecified atom stereocenters. The molecule has 0 bridgehead atoms. The third-order valence-corrected chi connectivity index (χ3v) is 3.61. The van der Waals surface area contributed by atoms with E-state index in [0.29, 0.717) is 5.69 Å². The van der Waals surface area contributed by atoms with Gasteiger partial charge in [-0.3, -0.25) is 4.68 Å². The fraction of sp³-hybridized carbons (Fsp3) is 0.357. The summed E-state index contributed by atoms with van der Waals surface area (Å²) in [5, 5.41) is 4.39. The van der Waals surface area contributed by atoms with E-state index in [9.17, 15) is 4.39 Å². The molecule has 3 rings (SSSR count). The Balaban J connectivity index is 1.67. The van der Waals surface area contributed by atoms with E-state index >= 15 is 0 Å². The van der Waals surface area contributed by atoms with E-state index in [1.807, 2.05) is 25.4 Å². The summed E-state index contributed by atoms with van der Waals surface area (Å²) < 4.78 is 14.7. The maximum atomic E-state index is 12.9. The van der Waals surface area contributed by atoms with Crippen LogP contribution in [0.25, 0.3) is 0 Å². The van der Waals surface area contributed by atoms with Crippen LogP contribution in [0, 0.1) is 5.82 Å². The molecule has 6 heteroatoms. The number of rotatable bonds is 2. The highest BCUT2D eigenvalue weighted by molar-refractivity contribution is 5.62. The summed E-state index contributed by atoms with van der Waals surface area (Å²) >= 11 is 0. The Morgan fingerprint density at radius 3 is 2.20 bits per heavy atom. The molecule has 0 radical (unpaired) electrons. The maximum absolute atomic E-state index is 12.9. The van der Waals surface area contributed by atoms with Crippen molar-refractivity contribution in [3.8, 4) is 0 Å². The number of hydrogen-bond acceptors (Lipinski definition) is 4. The fourth-order valence-corrected chi connectivity index (χ4v) is 2.57. The van der Waals surface area contributed by atoms with Gasteiger partial charge in [-0.1, -0.05) is 0 Å². The van der Waals surface area contributed by atoms with Crippen molar-refractivity contribution >= 4 is 17.2 Å².